The molecule has 0 saturated carbocycles. The monoisotopic (exact) mass is 286 g/mol. The highest BCUT2D eigenvalue weighted by atomic mass is 16.5. The lowest BCUT2D eigenvalue weighted by Gasteiger charge is -2.16. The van der Waals surface area contributed by atoms with E-state index in [1.54, 1.807) is 18.2 Å². The quantitative estimate of drug-likeness (QED) is 0.800. The van der Waals surface area contributed by atoms with Gasteiger partial charge >= 0.3 is 6.09 Å². The summed E-state index contributed by atoms with van der Waals surface area (Å²) in [6.07, 6.45) is -0.501. The maximum atomic E-state index is 11.2. The molecular formula is C16H18N2O3. The van der Waals surface area contributed by atoms with Crippen molar-refractivity contribution in [1.82, 2.24) is 0 Å². The van der Waals surface area contributed by atoms with Gasteiger partial charge in [-0.05, 0) is 42.8 Å². The van der Waals surface area contributed by atoms with E-state index in [0.717, 1.165) is 11.3 Å². The van der Waals surface area contributed by atoms with Gasteiger partial charge in [0.15, 0.2) is 0 Å². The number of ether oxygens (including phenoxy) is 1. The van der Waals surface area contributed by atoms with Gasteiger partial charge in [0, 0.05) is 17.4 Å². The van der Waals surface area contributed by atoms with Crippen molar-refractivity contribution in [2.24, 2.45) is 0 Å². The van der Waals surface area contributed by atoms with Gasteiger partial charge in [0.2, 0.25) is 0 Å². The van der Waals surface area contributed by atoms with Gasteiger partial charge in [-0.2, -0.15) is 0 Å². The smallest absolute Gasteiger partial charge is 0.411 e. The molecule has 1 amide bonds. The van der Waals surface area contributed by atoms with Gasteiger partial charge in [0.25, 0.3) is 0 Å². The SMILES string of the molecule is COC(=O)Nc1cccc(NC(C)c2ccc(O)cc2)c1. The molecule has 1 atom stereocenters. The van der Waals surface area contributed by atoms with Gasteiger partial charge in [-0.1, -0.05) is 18.2 Å². The van der Waals surface area contributed by atoms with Crippen LogP contribution in [0, 0.1) is 0 Å². The number of carbonyl (C=O) groups is 1. The Kier molecular flexibility index (Phi) is 4.66. The molecule has 1 unspecified atom stereocenters. The molecule has 0 radical (unpaired) electrons. The Labute approximate surface area is 123 Å². The third kappa shape index (κ3) is 4.14. The van der Waals surface area contributed by atoms with E-state index in [1.165, 1.54) is 7.11 Å². The number of amides is 1. The molecular weight excluding hydrogens is 268 g/mol. The molecule has 2 rings (SSSR count). The summed E-state index contributed by atoms with van der Waals surface area (Å²) in [6, 6.07) is 14.5. The van der Waals surface area contributed by atoms with Gasteiger partial charge < -0.3 is 15.2 Å². The van der Waals surface area contributed by atoms with E-state index in [2.05, 4.69) is 15.4 Å². The van der Waals surface area contributed by atoms with E-state index >= 15 is 0 Å². The highest BCUT2D eigenvalue weighted by molar-refractivity contribution is 5.85. The fraction of sp³-hybridized carbons (Fsp3) is 0.188. The van der Waals surface area contributed by atoms with Crippen molar-refractivity contribution in [3.8, 4) is 5.75 Å². The molecule has 5 heteroatoms. The summed E-state index contributed by atoms with van der Waals surface area (Å²) in [4.78, 5) is 11.2. The number of phenols is 1. The Morgan fingerprint density at radius 1 is 1.14 bits per heavy atom. The summed E-state index contributed by atoms with van der Waals surface area (Å²) < 4.78 is 4.56. The number of phenolic OH excluding ortho intramolecular Hbond substituents is 1. The predicted molar refractivity (Wildman–Crippen MR) is 82.6 cm³/mol. The zero-order chi connectivity index (χ0) is 15.2. The van der Waals surface area contributed by atoms with Gasteiger partial charge in [0.05, 0.1) is 7.11 Å². The second-order valence-corrected chi connectivity index (χ2v) is 4.65. The number of methoxy groups -OCH3 is 1. The van der Waals surface area contributed by atoms with Gasteiger partial charge in [0.1, 0.15) is 5.75 Å². The zero-order valence-electron chi connectivity index (χ0n) is 12.0. The first-order chi connectivity index (χ1) is 10.1. The zero-order valence-corrected chi connectivity index (χ0v) is 12.0. The maximum Gasteiger partial charge on any atom is 0.411 e. The molecule has 0 aliphatic carbocycles. The van der Waals surface area contributed by atoms with Crippen LogP contribution >= 0.6 is 0 Å². The first-order valence-electron chi connectivity index (χ1n) is 6.59. The summed E-state index contributed by atoms with van der Waals surface area (Å²) in [7, 11) is 1.32. The van der Waals surface area contributed by atoms with E-state index in [4.69, 9.17) is 0 Å². The number of nitrogens with one attached hydrogen (secondary N) is 2. The molecule has 2 aromatic rings. The van der Waals surface area contributed by atoms with Crippen LogP contribution in [0.3, 0.4) is 0 Å². The number of aromatic hydroxyl groups is 1. The number of hydrogen-bond donors (Lipinski definition) is 3. The summed E-state index contributed by atoms with van der Waals surface area (Å²) in [5.74, 6) is 0.246. The van der Waals surface area contributed by atoms with Crippen LogP contribution in [-0.4, -0.2) is 18.3 Å². The van der Waals surface area contributed by atoms with Crippen molar-refractivity contribution in [2.75, 3.05) is 17.7 Å². The van der Waals surface area contributed by atoms with Crippen LogP contribution in [0.4, 0.5) is 16.2 Å². The van der Waals surface area contributed by atoms with E-state index in [0.29, 0.717) is 5.69 Å². The average Bonchev–Trinajstić information content (AvgIpc) is 2.48. The molecule has 110 valence electrons. The Hall–Kier alpha value is -2.69. The molecule has 21 heavy (non-hydrogen) atoms. The van der Waals surface area contributed by atoms with Crippen molar-refractivity contribution in [3.05, 3.63) is 54.1 Å². The second kappa shape index (κ2) is 6.65. The van der Waals surface area contributed by atoms with Gasteiger partial charge in [-0.15, -0.1) is 0 Å². The second-order valence-electron chi connectivity index (χ2n) is 4.65. The van der Waals surface area contributed by atoms with Crippen LogP contribution in [0.5, 0.6) is 5.75 Å². The fourth-order valence-electron chi connectivity index (χ4n) is 1.95. The number of rotatable bonds is 4. The van der Waals surface area contributed by atoms with Crippen molar-refractivity contribution < 1.29 is 14.6 Å². The molecule has 0 bridgehead atoms. The van der Waals surface area contributed by atoms with Crippen LogP contribution in [0.2, 0.25) is 0 Å². The fourth-order valence-corrected chi connectivity index (χ4v) is 1.95. The van der Waals surface area contributed by atoms with E-state index < -0.39 is 6.09 Å². The molecule has 5 nitrogen and oxygen atoms in total. The molecule has 0 aliphatic heterocycles. The first-order valence-corrected chi connectivity index (χ1v) is 6.59. The molecule has 0 saturated heterocycles. The highest BCUT2D eigenvalue weighted by Crippen LogP contribution is 2.23. The molecule has 3 N–H and O–H groups in total. The number of anilines is 2. The summed E-state index contributed by atoms with van der Waals surface area (Å²) in [6.45, 7) is 2.02. The van der Waals surface area contributed by atoms with Crippen LogP contribution in [0.15, 0.2) is 48.5 Å². The third-order valence-corrected chi connectivity index (χ3v) is 3.07. The summed E-state index contributed by atoms with van der Waals surface area (Å²) in [5, 5.41) is 15.3. The third-order valence-electron chi connectivity index (χ3n) is 3.07. The summed E-state index contributed by atoms with van der Waals surface area (Å²) in [5.41, 5.74) is 2.59. The minimum atomic E-state index is -0.501. The highest BCUT2D eigenvalue weighted by Gasteiger charge is 2.06. The Morgan fingerprint density at radius 3 is 2.48 bits per heavy atom. The Morgan fingerprint density at radius 2 is 1.81 bits per heavy atom. The first kappa shape index (κ1) is 14.7. The van der Waals surface area contributed by atoms with Crippen LogP contribution in [-0.2, 0) is 4.74 Å². The number of hydrogen-bond acceptors (Lipinski definition) is 4. The summed E-state index contributed by atoms with van der Waals surface area (Å²) >= 11 is 0. The number of carbonyl (C=O) groups excluding carboxylic acids is 1. The predicted octanol–water partition coefficient (Wildman–Crippen LogP) is 3.74. The molecule has 2 aromatic carbocycles. The Bertz CT molecular complexity index is 611. The molecule has 0 heterocycles. The lowest BCUT2D eigenvalue weighted by Crippen LogP contribution is -2.11. The normalized spacial score (nSPS) is 11.5. The average molecular weight is 286 g/mol. The van der Waals surface area contributed by atoms with Crippen LogP contribution < -0.4 is 10.6 Å². The largest absolute Gasteiger partial charge is 0.508 e. The minimum Gasteiger partial charge on any atom is -0.508 e. The lowest BCUT2D eigenvalue weighted by molar-refractivity contribution is 0.187. The van der Waals surface area contributed by atoms with E-state index in [1.807, 2.05) is 37.3 Å². The topological polar surface area (TPSA) is 70.6 Å². The number of benzene rings is 2. The van der Waals surface area contributed by atoms with Crippen molar-refractivity contribution in [1.29, 1.82) is 0 Å². The molecule has 0 fully saturated rings. The van der Waals surface area contributed by atoms with Crippen molar-refractivity contribution >= 4 is 17.5 Å². The maximum absolute atomic E-state index is 11.2. The van der Waals surface area contributed by atoms with Gasteiger partial charge in [-0.3, -0.25) is 5.32 Å². The van der Waals surface area contributed by atoms with Crippen molar-refractivity contribution in [3.63, 3.8) is 0 Å². The van der Waals surface area contributed by atoms with E-state index in [9.17, 15) is 9.90 Å². The minimum absolute atomic E-state index is 0.0685. The van der Waals surface area contributed by atoms with Crippen molar-refractivity contribution in [2.45, 2.75) is 13.0 Å². The molecule has 0 aromatic heterocycles. The Balaban J connectivity index is 2.06. The van der Waals surface area contributed by atoms with Crippen LogP contribution in [0.1, 0.15) is 18.5 Å². The lowest BCUT2D eigenvalue weighted by atomic mass is 10.1. The van der Waals surface area contributed by atoms with Crippen LogP contribution in [0.25, 0.3) is 0 Å². The van der Waals surface area contributed by atoms with Gasteiger partial charge in [-0.25, -0.2) is 4.79 Å². The standard InChI is InChI=1S/C16H18N2O3/c1-11(12-6-8-15(19)9-7-12)17-13-4-3-5-14(10-13)18-16(20)21-2/h3-11,17,19H,1-2H3,(H,18,20). The molecule has 0 spiro atoms. The van der Waals surface area contributed by atoms with E-state index in [-0.39, 0.29) is 11.8 Å². The molecule has 0 aliphatic rings.